The normalized spacial score (nSPS) is 11.7. The Kier molecular flexibility index (Phi) is 5.86. The minimum Gasteiger partial charge on any atom is -0.390 e. The van der Waals surface area contributed by atoms with Crippen LogP contribution in [-0.2, 0) is 25.1 Å². The van der Waals surface area contributed by atoms with Crippen LogP contribution >= 0.6 is 11.8 Å². The lowest BCUT2D eigenvalue weighted by molar-refractivity contribution is -0.137. The van der Waals surface area contributed by atoms with Gasteiger partial charge in [-0.05, 0) is 29.3 Å². The van der Waals surface area contributed by atoms with E-state index in [1.165, 1.54) is 36.2 Å². The van der Waals surface area contributed by atoms with Crippen molar-refractivity contribution in [2.24, 2.45) is 0 Å². The van der Waals surface area contributed by atoms with Crippen molar-refractivity contribution in [2.45, 2.75) is 30.2 Å². The molecule has 142 valence electrons. The van der Waals surface area contributed by atoms with E-state index < -0.39 is 11.7 Å². The first kappa shape index (κ1) is 19.4. The first-order valence-corrected chi connectivity index (χ1v) is 9.04. The predicted octanol–water partition coefficient (Wildman–Crippen LogP) is 4.87. The molecule has 0 unspecified atom stereocenters. The number of alkyl halides is 3. The first-order chi connectivity index (χ1) is 12.9. The van der Waals surface area contributed by atoms with Crippen LogP contribution in [0, 0.1) is 5.82 Å². The van der Waals surface area contributed by atoms with Gasteiger partial charge in [0.2, 0.25) is 0 Å². The van der Waals surface area contributed by atoms with Gasteiger partial charge in [-0.25, -0.2) is 9.37 Å². The molecule has 0 saturated carbocycles. The molecule has 1 heterocycles. The molecule has 0 bridgehead atoms. The summed E-state index contributed by atoms with van der Waals surface area (Å²) in [7, 11) is 0. The quantitative estimate of drug-likeness (QED) is 0.477. The molecule has 1 aromatic heterocycles. The van der Waals surface area contributed by atoms with Gasteiger partial charge in [0.15, 0.2) is 5.16 Å². The third kappa shape index (κ3) is 4.90. The molecule has 0 saturated heterocycles. The van der Waals surface area contributed by atoms with Crippen molar-refractivity contribution in [2.75, 3.05) is 0 Å². The number of aliphatic hydroxyl groups excluding tert-OH is 1. The monoisotopic (exact) mass is 396 g/mol. The fraction of sp³-hybridized carbons (Fsp3) is 0.211. The molecule has 3 aromatic rings. The Morgan fingerprint density at radius 2 is 1.78 bits per heavy atom. The van der Waals surface area contributed by atoms with Crippen LogP contribution in [0.2, 0.25) is 0 Å². The van der Waals surface area contributed by atoms with Gasteiger partial charge in [-0.2, -0.15) is 13.2 Å². The molecular weight excluding hydrogens is 380 g/mol. The number of hydrogen-bond acceptors (Lipinski definition) is 3. The number of aromatic nitrogens is 2. The summed E-state index contributed by atoms with van der Waals surface area (Å²) >= 11 is 1.26. The third-order valence-corrected chi connectivity index (χ3v) is 4.98. The molecule has 8 heteroatoms. The molecule has 0 aliphatic heterocycles. The maximum absolute atomic E-state index is 13.4. The summed E-state index contributed by atoms with van der Waals surface area (Å²) in [6.07, 6.45) is -2.88. The minimum absolute atomic E-state index is 0.244. The number of imidazole rings is 1. The molecular formula is C19H16F4N2OS. The number of aliphatic hydroxyl groups is 1. The van der Waals surface area contributed by atoms with Gasteiger partial charge in [0, 0.05) is 5.75 Å². The second-order valence-electron chi connectivity index (χ2n) is 5.89. The number of hydrogen-bond donors (Lipinski definition) is 1. The summed E-state index contributed by atoms with van der Waals surface area (Å²) < 4.78 is 53.7. The van der Waals surface area contributed by atoms with E-state index in [1.54, 1.807) is 22.8 Å². The molecule has 2 aromatic carbocycles. The Morgan fingerprint density at radius 3 is 2.48 bits per heavy atom. The maximum atomic E-state index is 13.4. The second-order valence-corrected chi connectivity index (χ2v) is 6.84. The van der Waals surface area contributed by atoms with E-state index in [9.17, 15) is 22.7 Å². The fourth-order valence-electron chi connectivity index (χ4n) is 2.61. The molecule has 3 rings (SSSR count). The molecule has 0 radical (unpaired) electrons. The average molecular weight is 396 g/mol. The highest BCUT2D eigenvalue weighted by atomic mass is 32.2. The van der Waals surface area contributed by atoms with Gasteiger partial charge >= 0.3 is 6.18 Å². The fourth-order valence-corrected chi connectivity index (χ4v) is 3.55. The highest BCUT2D eigenvalue weighted by molar-refractivity contribution is 7.98. The lowest BCUT2D eigenvalue weighted by atomic mass is 10.1. The van der Waals surface area contributed by atoms with E-state index in [0.29, 0.717) is 28.5 Å². The second kappa shape index (κ2) is 8.14. The van der Waals surface area contributed by atoms with Gasteiger partial charge in [0.1, 0.15) is 5.82 Å². The van der Waals surface area contributed by atoms with Crippen LogP contribution in [-0.4, -0.2) is 14.7 Å². The molecule has 0 aliphatic rings. The Morgan fingerprint density at radius 1 is 1.04 bits per heavy atom. The SMILES string of the molecule is OCc1cnc(SCc2cccc(C(F)(F)F)c2)n1Cc1cccc(F)c1. The number of halogens is 4. The molecule has 1 N–H and O–H groups in total. The van der Waals surface area contributed by atoms with Crippen LogP contribution in [0.4, 0.5) is 17.6 Å². The van der Waals surface area contributed by atoms with Crippen LogP contribution in [0.1, 0.15) is 22.4 Å². The van der Waals surface area contributed by atoms with Gasteiger partial charge < -0.3 is 9.67 Å². The van der Waals surface area contributed by atoms with E-state index in [4.69, 9.17) is 0 Å². The molecule has 0 aliphatic carbocycles. The van der Waals surface area contributed by atoms with Gasteiger partial charge in [-0.3, -0.25) is 0 Å². The van der Waals surface area contributed by atoms with Crippen molar-refractivity contribution in [3.8, 4) is 0 Å². The third-order valence-electron chi connectivity index (χ3n) is 3.92. The number of benzene rings is 2. The van der Waals surface area contributed by atoms with Crippen LogP contribution in [0.3, 0.4) is 0 Å². The van der Waals surface area contributed by atoms with Crippen molar-refractivity contribution in [1.29, 1.82) is 0 Å². The lowest BCUT2D eigenvalue weighted by Crippen LogP contribution is -2.07. The zero-order chi connectivity index (χ0) is 19.4. The van der Waals surface area contributed by atoms with Crippen molar-refractivity contribution in [3.63, 3.8) is 0 Å². The van der Waals surface area contributed by atoms with E-state index >= 15 is 0 Å². The standard InChI is InChI=1S/C19H16F4N2OS/c20-16-6-2-3-13(8-16)10-25-17(11-26)9-24-18(25)27-12-14-4-1-5-15(7-14)19(21,22)23/h1-9,26H,10-12H2. The van der Waals surface area contributed by atoms with Crippen molar-refractivity contribution >= 4 is 11.8 Å². The van der Waals surface area contributed by atoms with E-state index in [1.807, 2.05) is 0 Å². The topological polar surface area (TPSA) is 38.1 Å². The van der Waals surface area contributed by atoms with E-state index in [-0.39, 0.29) is 18.2 Å². The van der Waals surface area contributed by atoms with E-state index in [0.717, 1.165) is 12.1 Å². The molecule has 0 spiro atoms. The first-order valence-electron chi connectivity index (χ1n) is 8.05. The number of nitrogens with zero attached hydrogens (tertiary/aromatic N) is 2. The Labute approximate surface area is 157 Å². The minimum atomic E-state index is -4.39. The zero-order valence-electron chi connectivity index (χ0n) is 14.1. The molecule has 27 heavy (non-hydrogen) atoms. The van der Waals surface area contributed by atoms with Crippen LogP contribution in [0.5, 0.6) is 0 Å². The highest BCUT2D eigenvalue weighted by Crippen LogP contribution is 2.31. The van der Waals surface area contributed by atoms with Crippen LogP contribution < -0.4 is 0 Å². The predicted molar refractivity (Wildman–Crippen MR) is 94.7 cm³/mol. The highest BCUT2D eigenvalue weighted by Gasteiger charge is 2.30. The maximum Gasteiger partial charge on any atom is 0.416 e. The summed E-state index contributed by atoms with van der Waals surface area (Å²) in [5.41, 5.74) is 1.06. The van der Waals surface area contributed by atoms with Gasteiger partial charge in [0.25, 0.3) is 0 Å². The van der Waals surface area contributed by atoms with Crippen LogP contribution in [0.15, 0.2) is 59.9 Å². The van der Waals surface area contributed by atoms with Crippen molar-refractivity contribution < 1.29 is 22.7 Å². The van der Waals surface area contributed by atoms with Crippen molar-refractivity contribution in [3.05, 3.63) is 82.9 Å². The molecule has 0 amide bonds. The molecule has 0 fully saturated rings. The zero-order valence-corrected chi connectivity index (χ0v) is 14.9. The average Bonchev–Trinajstić information content (AvgIpc) is 3.01. The number of rotatable bonds is 6. The Hall–Kier alpha value is -2.32. The molecule has 3 nitrogen and oxygen atoms in total. The summed E-state index contributed by atoms with van der Waals surface area (Å²) in [4.78, 5) is 4.24. The van der Waals surface area contributed by atoms with Crippen LogP contribution in [0.25, 0.3) is 0 Å². The Balaban J connectivity index is 1.79. The molecule has 0 atom stereocenters. The number of thioether (sulfide) groups is 1. The Bertz CT molecular complexity index is 924. The van der Waals surface area contributed by atoms with Crippen molar-refractivity contribution in [1.82, 2.24) is 9.55 Å². The van der Waals surface area contributed by atoms with Gasteiger partial charge in [-0.15, -0.1) is 0 Å². The lowest BCUT2D eigenvalue weighted by Gasteiger charge is -2.12. The summed E-state index contributed by atoms with van der Waals surface area (Å²) in [6.45, 7) is 0.0605. The largest absolute Gasteiger partial charge is 0.416 e. The van der Waals surface area contributed by atoms with Gasteiger partial charge in [0.05, 0.1) is 30.6 Å². The van der Waals surface area contributed by atoms with Gasteiger partial charge in [-0.1, -0.05) is 42.1 Å². The van der Waals surface area contributed by atoms with E-state index in [2.05, 4.69) is 4.98 Å². The summed E-state index contributed by atoms with van der Waals surface area (Å²) in [5.74, 6) is -0.0778. The summed E-state index contributed by atoms with van der Waals surface area (Å²) in [6, 6.07) is 11.2. The summed E-state index contributed by atoms with van der Waals surface area (Å²) in [5, 5.41) is 10.0. The smallest absolute Gasteiger partial charge is 0.390 e.